The highest BCUT2D eigenvalue weighted by atomic mass is 35.5. The monoisotopic (exact) mass is 320 g/mol. The molecule has 22 heavy (non-hydrogen) atoms. The molecule has 0 saturated carbocycles. The van der Waals surface area contributed by atoms with E-state index in [0.717, 1.165) is 11.1 Å². The Morgan fingerprint density at radius 1 is 1.18 bits per heavy atom. The van der Waals surface area contributed by atoms with E-state index in [9.17, 15) is 9.18 Å². The fraction of sp³-hybridized carbons (Fsp3) is 0.235. The Hall–Kier alpha value is -2.07. The van der Waals surface area contributed by atoms with E-state index < -0.39 is 0 Å². The summed E-state index contributed by atoms with van der Waals surface area (Å²) in [6.45, 7) is 0.968. The lowest BCUT2D eigenvalue weighted by atomic mass is 10.1. The number of nitrogens with one attached hydrogen (secondary N) is 1. The van der Waals surface area contributed by atoms with Gasteiger partial charge in [0.05, 0.1) is 0 Å². The number of rotatable bonds is 5. The first-order valence-corrected chi connectivity index (χ1v) is 7.40. The van der Waals surface area contributed by atoms with Gasteiger partial charge in [0, 0.05) is 25.2 Å². The number of halogens is 2. The first-order chi connectivity index (χ1) is 10.5. The number of carbonyl (C=O) groups excluding carboxylic acids is 1. The molecule has 0 radical (unpaired) electrons. The first-order valence-electron chi connectivity index (χ1n) is 7.02. The van der Waals surface area contributed by atoms with Gasteiger partial charge in [-0.05, 0) is 41.8 Å². The maximum atomic E-state index is 13.0. The van der Waals surface area contributed by atoms with Crippen LogP contribution in [0.5, 0.6) is 0 Å². The highest BCUT2D eigenvalue weighted by Gasteiger charge is 2.08. The molecule has 0 atom stereocenters. The van der Waals surface area contributed by atoms with Crippen LogP contribution in [0.2, 0.25) is 5.02 Å². The Morgan fingerprint density at radius 3 is 2.59 bits per heavy atom. The number of carbonyl (C=O) groups is 1. The van der Waals surface area contributed by atoms with Crippen molar-refractivity contribution in [2.24, 2.45) is 0 Å². The average molecular weight is 321 g/mol. The summed E-state index contributed by atoms with van der Waals surface area (Å²) in [4.78, 5) is 13.6. The number of amides is 2. The highest BCUT2D eigenvalue weighted by molar-refractivity contribution is 6.30. The lowest BCUT2D eigenvalue weighted by Gasteiger charge is -2.18. The van der Waals surface area contributed by atoms with Crippen LogP contribution in [0.15, 0.2) is 48.5 Å². The van der Waals surface area contributed by atoms with Gasteiger partial charge in [0.2, 0.25) is 0 Å². The van der Waals surface area contributed by atoms with Crippen LogP contribution in [0.4, 0.5) is 9.18 Å². The second-order valence-electron chi connectivity index (χ2n) is 5.09. The van der Waals surface area contributed by atoms with Crippen molar-refractivity contribution in [1.82, 2.24) is 10.2 Å². The quantitative estimate of drug-likeness (QED) is 0.891. The van der Waals surface area contributed by atoms with Gasteiger partial charge in [-0.1, -0.05) is 35.9 Å². The topological polar surface area (TPSA) is 32.3 Å². The Bertz CT molecular complexity index is 631. The summed E-state index contributed by atoms with van der Waals surface area (Å²) in [5, 5.41) is 3.49. The van der Waals surface area contributed by atoms with Crippen LogP contribution in [-0.4, -0.2) is 24.5 Å². The van der Waals surface area contributed by atoms with Crippen molar-refractivity contribution in [3.05, 3.63) is 70.5 Å². The van der Waals surface area contributed by atoms with Crippen LogP contribution in [0.25, 0.3) is 0 Å². The molecular weight excluding hydrogens is 303 g/mol. The van der Waals surface area contributed by atoms with Gasteiger partial charge < -0.3 is 10.2 Å². The molecular formula is C17H18ClFN2O. The lowest BCUT2D eigenvalue weighted by Crippen LogP contribution is -2.37. The standard InChI is InChI=1S/C17H18ClFN2O/c1-21(12-14-5-7-15(18)8-6-14)17(22)20-10-9-13-3-2-4-16(19)11-13/h2-8,11H,9-10,12H2,1H3,(H,20,22). The van der Waals surface area contributed by atoms with Crippen LogP contribution in [0.3, 0.4) is 0 Å². The predicted molar refractivity (Wildman–Crippen MR) is 86.4 cm³/mol. The molecule has 0 aliphatic carbocycles. The van der Waals surface area contributed by atoms with Crippen molar-refractivity contribution in [3.63, 3.8) is 0 Å². The van der Waals surface area contributed by atoms with Gasteiger partial charge in [0.1, 0.15) is 5.82 Å². The maximum absolute atomic E-state index is 13.0. The second-order valence-corrected chi connectivity index (χ2v) is 5.53. The number of nitrogens with zero attached hydrogens (tertiary/aromatic N) is 1. The summed E-state index contributed by atoms with van der Waals surface area (Å²) < 4.78 is 13.0. The lowest BCUT2D eigenvalue weighted by molar-refractivity contribution is 0.207. The number of benzene rings is 2. The van der Waals surface area contributed by atoms with E-state index in [4.69, 9.17) is 11.6 Å². The van der Waals surface area contributed by atoms with E-state index in [2.05, 4.69) is 5.32 Å². The van der Waals surface area contributed by atoms with Crippen LogP contribution < -0.4 is 5.32 Å². The minimum atomic E-state index is -0.260. The molecule has 0 fully saturated rings. The van der Waals surface area contributed by atoms with Crippen LogP contribution in [0.1, 0.15) is 11.1 Å². The largest absolute Gasteiger partial charge is 0.338 e. The molecule has 116 valence electrons. The van der Waals surface area contributed by atoms with Crippen LogP contribution >= 0.6 is 11.6 Å². The third-order valence-corrected chi connectivity index (χ3v) is 3.51. The Kier molecular flexibility index (Phi) is 5.78. The van der Waals surface area contributed by atoms with Crippen molar-refractivity contribution >= 4 is 17.6 Å². The van der Waals surface area contributed by atoms with E-state index in [0.29, 0.717) is 24.5 Å². The fourth-order valence-electron chi connectivity index (χ4n) is 2.08. The number of hydrogen-bond acceptors (Lipinski definition) is 1. The van der Waals surface area contributed by atoms with Gasteiger partial charge in [0.25, 0.3) is 0 Å². The van der Waals surface area contributed by atoms with Crippen LogP contribution in [-0.2, 0) is 13.0 Å². The van der Waals surface area contributed by atoms with Gasteiger partial charge in [-0.2, -0.15) is 0 Å². The van der Waals surface area contributed by atoms with Crippen molar-refractivity contribution in [1.29, 1.82) is 0 Å². The van der Waals surface area contributed by atoms with Crippen molar-refractivity contribution in [2.45, 2.75) is 13.0 Å². The normalized spacial score (nSPS) is 10.3. The summed E-state index contributed by atoms with van der Waals surface area (Å²) in [5.41, 5.74) is 1.87. The van der Waals surface area contributed by atoms with Gasteiger partial charge in [-0.15, -0.1) is 0 Å². The zero-order valence-corrected chi connectivity index (χ0v) is 13.1. The molecule has 0 spiro atoms. The predicted octanol–water partition coefficient (Wildman–Crippen LogP) is 3.86. The molecule has 2 amide bonds. The third kappa shape index (κ3) is 5.04. The molecule has 2 rings (SSSR count). The minimum absolute atomic E-state index is 0.161. The smallest absolute Gasteiger partial charge is 0.317 e. The van der Waals surface area contributed by atoms with Crippen molar-refractivity contribution < 1.29 is 9.18 Å². The van der Waals surface area contributed by atoms with Crippen LogP contribution in [0, 0.1) is 5.82 Å². The molecule has 0 saturated heterocycles. The molecule has 5 heteroatoms. The Balaban J connectivity index is 1.77. The number of hydrogen-bond donors (Lipinski definition) is 1. The molecule has 2 aromatic rings. The fourth-order valence-corrected chi connectivity index (χ4v) is 2.20. The van der Waals surface area contributed by atoms with Crippen molar-refractivity contribution in [3.8, 4) is 0 Å². The highest BCUT2D eigenvalue weighted by Crippen LogP contribution is 2.11. The van der Waals surface area contributed by atoms with Crippen molar-refractivity contribution in [2.75, 3.05) is 13.6 Å². The van der Waals surface area contributed by atoms with Gasteiger partial charge in [0.15, 0.2) is 0 Å². The molecule has 0 heterocycles. The minimum Gasteiger partial charge on any atom is -0.338 e. The van der Waals surface area contributed by atoms with Gasteiger partial charge >= 0.3 is 6.03 Å². The second kappa shape index (κ2) is 7.80. The molecule has 0 aliphatic heterocycles. The molecule has 3 nitrogen and oxygen atoms in total. The molecule has 0 aromatic heterocycles. The zero-order chi connectivity index (χ0) is 15.9. The van der Waals surface area contributed by atoms with E-state index >= 15 is 0 Å². The van der Waals surface area contributed by atoms with E-state index in [-0.39, 0.29) is 11.8 Å². The summed E-state index contributed by atoms with van der Waals surface area (Å²) in [5.74, 6) is -0.260. The Morgan fingerprint density at radius 2 is 1.91 bits per heavy atom. The first kappa shape index (κ1) is 16.3. The van der Waals surface area contributed by atoms with E-state index in [1.807, 2.05) is 18.2 Å². The molecule has 0 unspecified atom stereocenters. The summed E-state index contributed by atoms with van der Waals surface area (Å²) in [6, 6.07) is 13.6. The van der Waals surface area contributed by atoms with E-state index in [1.54, 1.807) is 30.1 Å². The number of urea groups is 1. The SMILES string of the molecule is CN(Cc1ccc(Cl)cc1)C(=O)NCCc1cccc(F)c1. The molecule has 0 aliphatic rings. The summed E-state index contributed by atoms with van der Waals surface area (Å²) in [7, 11) is 1.73. The van der Waals surface area contributed by atoms with Gasteiger partial charge in [-0.3, -0.25) is 0 Å². The third-order valence-electron chi connectivity index (χ3n) is 3.26. The van der Waals surface area contributed by atoms with E-state index in [1.165, 1.54) is 12.1 Å². The van der Waals surface area contributed by atoms with Gasteiger partial charge in [-0.25, -0.2) is 9.18 Å². The average Bonchev–Trinajstić information content (AvgIpc) is 2.49. The summed E-state index contributed by atoms with van der Waals surface area (Å²) >= 11 is 5.83. The molecule has 2 aromatic carbocycles. The molecule has 0 bridgehead atoms. The zero-order valence-electron chi connectivity index (χ0n) is 12.4. The molecule has 1 N–H and O–H groups in total. The maximum Gasteiger partial charge on any atom is 0.317 e. The Labute approximate surface area is 134 Å². The summed E-state index contributed by atoms with van der Waals surface area (Å²) in [6.07, 6.45) is 0.596.